The highest BCUT2D eigenvalue weighted by molar-refractivity contribution is 5.76. The van der Waals surface area contributed by atoms with E-state index < -0.39 is 11.7 Å². The fourth-order valence-electron chi connectivity index (χ4n) is 3.39. The number of rotatable bonds is 7. The normalized spacial score (nSPS) is 18.3. The molecule has 0 spiro atoms. The molecule has 1 unspecified atom stereocenters. The van der Waals surface area contributed by atoms with E-state index in [4.69, 9.17) is 4.74 Å². The van der Waals surface area contributed by atoms with Gasteiger partial charge in [0.2, 0.25) is 5.91 Å². The molecule has 1 aromatic rings. The van der Waals surface area contributed by atoms with Gasteiger partial charge in [-0.2, -0.15) is 13.2 Å². The molecule has 1 fully saturated rings. The number of benzene rings is 1. The Morgan fingerprint density at radius 1 is 1.27 bits per heavy atom. The number of piperidine rings is 1. The van der Waals surface area contributed by atoms with Crippen LogP contribution in [0.4, 0.5) is 13.2 Å². The SMILES string of the molecule is COCC1(CNC(=O)CC(C)c2ccc(C(F)(F)F)cc2)CCNCC1. The van der Waals surface area contributed by atoms with Crippen molar-refractivity contribution in [2.24, 2.45) is 5.41 Å². The van der Waals surface area contributed by atoms with Crippen LogP contribution in [0.5, 0.6) is 0 Å². The smallest absolute Gasteiger partial charge is 0.384 e. The minimum atomic E-state index is -4.34. The molecule has 2 N–H and O–H groups in total. The van der Waals surface area contributed by atoms with Gasteiger partial charge in [-0.05, 0) is 49.5 Å². The van der Waals surface area contributed by atoms with E-state index in [0.717, 1.165) is 43.6 Å². The van der Waals surface area contributed by atoms with Gasteiger partial charge < -0.3 is 15.4 Å². The highest BCUT2D eigenvalue weighted by Gasteiger charge is 2.33. The van der Waals surface area contributed by atoms with Crippen LogP contribution < -0.4 is 10.6 Å². The van der Waals surface area contributed by atoms with E-state index in [0.29, 0.717) is 13.2 Å². The van der Waals surface area contributed by atoms with Gasteiger partial charge >= 0.3 is 6.18 Å². The lowest BCUT2D eigenvalue weighted by atomic mass is 9.79. The van der Waals surface area contributed by atoms with E-state index in [2.05, 4.69) is 10.6 Å². The molecule has 4 nitrogen and oxygen atoms in total. The lowest BCUT2D eigenvalue weighted by Gasteiger charge is -2.37. The summed E-state index contributed by atoms with van der Waals surface area (Å²) < 4.78 is 43.2. The number of amides is 1. The quantitative estimate of drug-likeness (QED) is 0.772. The number of nitrogens with one attached hydrogen (secondary N) is 2. The molecule has 26 heavy (non-hydrogen) atoms. The predicted molar refractivity (Wildman–Crippen MR) is 93.9 cm³/mol. The first-order valence-electron chi connectivity index (χ1n) is 8.89. The third-order valence-electron chi connectivity index (χ3n) is 5.07. The van der Waals surface area contributed by atoms with Gasteiger partial charge in [-0.3, -0.25) is 4.79 Å². The molecule has 146 valence electrons. The Balaban J connectivity index is 1.88. The molecule has 1 saturated heterocycles. The van der Waals surface area contributed by atoms with E-state index in [9.17, 15) is 18.0 Å². The first-order chi connectivity index (χ1) is 12.3. The highest BCUT2D eigenvalue weighted by Crippen LogP contribution is 2.31. The van der Waals surface area contributed by atoms with Crippen LogP contribution in [-0.4, -0.2) is 39.3 Å². The fraction of sp³-hybridized carbons (Fsp3) is 0.632. The standard InChI is InChI=1S/C19H27F3N2O2/c1-14(15-3-5-16(6-4-15)19(20,21)22)11-17(25)24-12-18(13-26-2)7-9-23-10-8-18/h3-6,14,23H,7-13H2,1-2H3,(H,24,25). The van der Waals surface area contributed by atoms with Crippen molar-refractivity contribution in [2.75, 3.05) is 33.4 Å². The lowest BCUT2D eigenvalue weighted by Crippen LogP contribution is -2.47. The second kappa shape index (κ2) is 8.86. The molecular weight excluding hydrogens is 345 g/mol. The monoisotopic (exact) mass is 372 g/mol. The summed E-state index contributed by atoms with van der Waals surface area (Å²) in [6, 6.07) is 5.01. The summed E-state index contributed by atoms with van der Waals surface area (Å²) in [5.41, 5.74) is -0.000267. The number of ether oxygens (including phenoxy) is 1. The van der Waals surface area contributed by atoms with Crippen LogP contribution in [0.2, 0.25) is 0 Å². The Morgan fingerprint density at radius 2 is 1.88 bits per heavy atom. The molecule has 1 atom stereocenters. The predicted octanol–water partition coefficient (Wildman–Crippen LogP) is 3.33. The van der Waals surface area contributed by atoms with Crippen molar-refractivity contribution in [3.8, 4) is 0 Å². The van der Waals surface area contributed by atoms with E-state index in [-0.39, 0.29) is 23.7 Å². The van der Waals surface area contributed by atoms with Gasteiger partial charge in [-0.15, -0.1) is 0 Å². The Labute approximate surface area is 152 Å². The minimum absolute atomic E-state index is 0.0484. The maximum absolute atomic E-state index is 12.6. The summed E-state index contributed by atoms with van der Waals surface area (Å²) in [6.07, 6.45) is -2.22. The number of carbonyl (C=O) groups is 1. The summed E-state index contributed by atoms with van der Waals surface area (Å²) in [7, 11) is 1.66. The number of hydrogen-bond donors (Lipinski definition) is 2. The molecule has 0 radical (unpaired) electrons. The molecule has 1 aromatic carbocycles. The van der Waals surface area contributed by atoms with Crippen molar-refractivity contribution in [3.05, 3.63) is 35.4 Å². The van der Waals surface area contributed by atoms with Crippen LogP contribution >= 0.6 is 0 Å². The third kappa shape index (κ3) is 5.71. The van der Waals surface area contributed by atoms with Crippen LogP contribution in [0, 0.1) is 5.41 Å². The van der Waals surface area contributed by atoms with Gasteiger partial charge in [-0.1, -0.05) is 19.1 Å². The number of alkyl halides is 3. The van der Waals surface area contributed by atoms with E-state index in [1.54, 1.807) is 7.11 Å². The number of methoxy groups -OCH3 is 1. The lowest BCUT2D eigenvalue weighted by molar-refractivity contribution is -0.137. The second-order valence-corrected chi connectivity index (χ2v) is 7.18. The highest BCUT2D eigenvalue weighted by atomic mass is 19.4. The summed E-state index contributed by atoms with van der Waals surface area (Å²) >= 11 is 0. The van der Waals surface area contributed by atoms with Crippen LogP contribution in [0.25, 0.3) is 0 Å². The van der Waals surface area contributed by atoms with E-state index in [1.165, 1.54) is 12.1 Å². The number of carbonyl (C=O) groups excluding carboxylic acids is 1. The van der Waals surface area contributed by atoms with Gasteiger partial charge in [-0.25, -0.2) is 0 Å². The van der Waals surface area contributed by atoms with Crippen LogP contribution in [0.1, 0.15) is 43.2 Å². The van der Waals surface area contributed by atoms with Gasteiger partial charge in [0.15, 0.2) is 0 Å². The molecular formula is C19H27F3N2O2. The van der Waals surface area contributed by atoms with Gasteiger partial charge in [0.1, 0.15) is 0 Å². The van der Waals surface area contributed by atoms with Crippen molar-refractivity contribution in [3.63, 3.8) is 0 Å². The first kappa shape index (κ1) is 20.7. The Morgan fingerprint density at radius 3 is 2.42 bits per heavy atom. The van der Waals surface area contributed by atoms with Crippen molar-refractivity contribution in [1.82, 2.24) is 10.6 Å². The second-order valence-electron chi connectivity index (χ2n) is 7.18. The largest absolute Gasteiger partial charge is 0.416 e. The molecule has 7 heteroatoms. The Kier molecular flexibility index (Phi) is 7.06. The van der Waals surface area contributed by atoms with E-state index >= 15 is 0 Å². The van der Waals surface area contributed by atoms with Crippen molar-refractivity contribution in [2.45, 2.75) is 38.3 Å². The van der Waals surface area contributed by atoms with Gasteiger partial charge in [0, 0.05) is 25.5 Å². The topological polar surface area (TPSA) is 50.4 Å². The summed E-state index contributed by atoms with van der Waals surface area (Å²) in [5, 5.41) is 6.29. The van der Waals surface area contributed by atoms with Gasteiger partial charge in [0.25, 0.3) is 0 Å². The number of halogens is 3. The van der Waals surface area contributed by atoms with Crippen LogP contribution in [-0.2, 0) is 15.7 Å². The minimum Gasteiger partial charge on any atom is -0.384 e. The molecule has 2 rings (SSSR count). The average molecular weight is 372 g/mol. The van der Waals surface area contributed by atoms with Gasteiger partial charge in [0.05, 0.1) is 12.2 Å². The summed E-state index contributed by atoms with van der Waals surface area (Å²) in [5.74, 6) is -0.241. The van der Waals surface area contributed by atoms with Crippen molar-refractivity contribution in [1.29, 1.82) is 0 Å². The molecule has 1 aliphatic heterocycles. The van der Waals surface area contributed by atoms with Crippen molar-refractivity contribution < 1.29 is 22.7 Å². The van der Waals surface area contributed by atoms with Crippen LogP contribution in [0.3, 0.4) is 0 Å². The molecule has 1 aliphatic rings. The maximum atomic E-state index is 12.6. The Hall–Kier alpha value is -1.60. The van der Waals surface area contributed by atoms with Crippen LogP contribution in [0.15, 0.2) is 24.3 Å². The third-order valence-corrected chi connectivity index (χ3v) is 5.07. The Bertz CT molecular complexity index is 576. The molecule has 1 heterocycles. The fourth-order valence-corrected chi connectivity index (χ4v) is 3.39. The zero-order chi connectivity index (χ0) is 19.2. The number of hydrogen-bond acceptors (Lipinski definition) is 3. The van der Waals surface area contributed by atoms with E-state index in [1.807, 2.05) is 6.92 Å². The molecule has 0 bridgehead atoms. The summed E-state index contributed by atoms with van der Waals surface area (Å²) in [6.45, 7) is 4.81. The maximum Gasteiger partial charge on any atom is 0.416 e. The zero-order valence-corrected chi connectivity index (χ0v) is 15.3. The molecule has 0 aromatic heterocycles. The first-order valence-corrected chi connectivity index (χ1v) is 8.89. The summed E-state index contributed by atoms with van der Waals surface area (Å²) in [4.78, 5) is 12.3. The zero-order valence-electron chi connectivity index (χ0n) is 15.3. The molecule has 1 amide bonds. The average Bonchev–Trinajstić information content (AvgIpc) is 2.60. The van der Waals surface area contributed by atoms with Crippen molar-refractivity contribution >= 4 is 5.91 Å². The molecule has 0 saturated carbocycles. The molecule has 0 aliphatic carbocycles.